The smallest absolute Gasteiger partial charge is 0.364 e. The van der Waals surface area contributed by atoms with Crippen LogP contribution in [-0.4, -0.2) is 34.2 Å². The third-order valence-electron chi connectivity index (χ3n) is 1.95. The first kappa shape index (κ1) is 11.5. The monoisotopic (exact) mass is 212 g/mol. The van der Waals surface area contributed by atoms with Gasteiger partial charge in [-0.15, -0.1) is 0 Å². The molecule has 0 amide bonds. The quantitative estimate of drug-likeness (QED) is 0.612. The molecule has 0 saturated carbocycles. The molecular weight excluding hydrogens is 200 g/mol. The molecule has 0 aliphatic carbocycles. The molecule has 82 valence electrons. The fourth-order valence-corrected chi connectivity index (χ4v) is 1.10. The second-order valence-corrected chi connectivity index (χ2v) is 3.15. The van der Waals surface area contributed by atoms with Crippen molar-refractivity contribution in [1.29, 1.82) is 0 Å². The Morgan fingerprint density at radius 1 is 1.33 bits per heavy atom. The Morgan fingerprint density at radius 2 is 1.87 bits per heavy atom. The first-order valence-corrected chi connectivity index (χ1v) is 4.27. The van der Waals surface area contributed by atoms with E-state index in [0.717, 1.165) is 0 Å². The van der Waals surface area contributed by atoms with Crippen LogP contribution in [0.3, 0.4) is 0 Å². The first-order chi connectivity index (χ1) is 6.95. The highest BCUT2D eigenvalue weighted by Gasteiger charge is 2.32. The van der Waals surface area contributed by atoms with Gasteiger partial charge in [0.1, 0.15) is 5.75 Å². The molecule has 1 aromatic rings. The Bertz CT molecular complexity index is 341. The van der Waals surface area contributed by atoms with Crippen molar-refractivity contribution in [2.24, 2.45) is 0 Å². The summed E-state index contributed by atoms with van der Waals surface area (Å²) < 4.78 is 4.91. The molecule has 0 spiro atoms. The van der Waals surface area contributed by atoms with Crippen LogP contribution in [-0.2, 0) is 11.2 Å². The van der Waals surface area contributed by atoms with Gasteiger partial charge >= 0.3 is 5.97 Å². The minimum absolute atomic E-state index is 0.369. The van der Waals surface area contributed by atoms with E-state index in [0.29, 0.717) is 11.3 Å². The average molecular weight is 212 g/mol. The largest absolute Gasteiger partial charge is 0.497 e. The minimum Gasteiger partial charge on any atom is -0.497 e. The van der Waals surface area contributed by atoms with E-state index in [1.165, 1.54) is 7.11 Å². The van der Waals surface area contributed by atoms with Crippen molar-refractivity contribution in [2.45, 2.75) is 12.2 Å². The number of rotatable bonds is 4. The number of ether oxygens (including phenoxy) is 1. The van der Waals surface area contributed by atoms with Crippen LogP contribution in [0.5, 0.6) is 5.75 Å². The van der Waals surface area contributed by atoms with E-state index in [2.05, 4.69) is 0 Å². The number of benzene rings is 1. The van der Waals surface area contributed by atoms with E-state index in [9.17, 15) is 4.79 Å². The number of hydrogen-bond acceptors (Lipinski definition) is 4. The molecule has 0 radical (unpaired) electrons. The summed E-state index contributed by atoms with van der Waals surface area (Å²) in [6.07, 6.45) is -0.369. The van der Waals surface area contributed by atoms with E-state index in [1.807, 2.05) is 0 Å². The summed E-state index contributed by atoms with van der Waals surface area (Å²) in [6, 6.07) is 6.38. The lowest BCUT2D eigenvalue weighted by molar-refractivity contribution is -0.202. The van der Waals surface area contributed by atoms with Crippen molar-refractivity contribution in [2.75, 3.05) is 7.11 Å². The third kappa shape index (κ3) is 2.93. The van der Waals surface area contributed by atoms with E-state index in [4.69, 9.17) is 20.1 Å². The van der Waals surface area contributed by atoms with Crippen molar-refractivity contribution in [1.82, 2.24) is 0 Å². The van der Waals surface area contributed by atoms with Gasteiger partial charge in [0.15, 0.2) is 0 Å². The number of methoxy groups -OCH3 is 1. The molecule has 1 rings (SSSR count). The predicted molar refractivity (Wildman–Crippen MR) is 51.5 cm³/mol. The van der Waals surface area contributed by atoms with E-state index in [-0.39, 0.29) is 6.42 Å². The average Bonchev–Trinajstić information content (AvgIpc) is 2.18. The number of carboxylic acids is 1. The first-order valence-electron chi connectivity index (χ1n) is 4.27. The highest BCUT2D eigenvalue weighted by Crippen LogP contribution is 2.15. The van der Waals surface area contributed by atoms with Crippen molar-refractivity contribution in [3.8, 4) is 5.75 Å². The molecule has 15 heavy (non-hydrogen) atoms. The van der Waals surface area contributed by atoms with Gasteiger partial charge in [0.05, 0.1) is 7.11 Å². The maximum absolute atomic E-state index is 10.4. The zero-order chi connectivity index (χ0) is 11.5. The maximum Gasteiger partial charge on any atom is 0.364 e. The fraction of sp³-hybridized carbons (Fsp3) is 0.300. The molecule has 0 fully saturated rings. The van der Waals surface area contributed by atoms with Crippen molar-refractivity contribution < 1.29 is 24.9 Å². The molecule has 0 bridgehead atoms. The topological polar surface area (TPSA) is 87.0 Å². The van der Waals surface area contributed by atoms with Gasteiger partial charge in [0, 0.05) is 6.42 Å². The summed E-state index contributed by atoms with van der Waals surface area (Å²) in [6.45, 7) is 0. The minimum atomic E-state index is -2.73. The molecular formula is C10H12O5. The van der Waals surface area contributed by atoms with Gasteiger partial charge in [0.2, 0.25) is 0 Å². The number of carboxylic acid groups (broad SMARTS) is 1. The SMILES string of the molecule is COc1ccc(CC(O)(O)C(=O)O)cc1. The lowest BCUT2D eigenvalue weighted by atomic mass is 10.1. The van der Waals surface area contributed by atoms with Crippen LogP contribution < -0.4 is 4.74 Å². The second kappa shape index (κ2) is 4.29. The van der Waals surface area contributed by atoms with Gasteiger partial charge < -0.3 is 20.1 Å². The van der Waals surface area contributed by atoms with Crippen LogP contribution in [0.4, 0.5) is 0 Å². The lowest BCUT2D eigenvalue weighted by Gasteiger charge is -2.16. The van der Waals surface area contributed by atoms with Crippen LogP contribution >= 0.6 is 0 Å². The van der Waals surface area contributed by atoms with Crippen LogP contribution in [0.25, 0.3) is 0 Å². The number of aliphatic hydroxyl groups is 2. The predicted octanol–water partition coefficient (Wildman–Crippen LogP) is 0.00320. The van der Waals surface area contributed by atoms with Crippen molar-refractivity contribution >= 4 is 5.97 Å². The summed E-state index contributed by atoms with van der Waals surface area (Å²) in [7, 11) is 1.51. The van der Waals surface area contributed by atoms with Gasteiger partial charge in [-0.25, -0.2) is 4.79 Å². The Kier molecular flexibility index (Phi) is 3.28. The summed E-state index contributed by atoms with van der Waals surface area (Å²) in [5.41, 5.74) is 0.503. The van der Waals surface area contributed by atoms with Crippen LogP contribution in [0, 0.1) is 0 Å². The number of hydrogen-bond donors (Lipinski definition) is 3. The zero-order valence-electron chi connectivity index (χ0n) is 8.17. The van der Waals surface area contributed by atoms with Gasteiger partial charge in [-0.05, 0) is 17.7 Å². The highest BCUT2D eigenvalue weighted by atomic mass is 16.5. The summed E-state index contributed by atoms with van der Waals surface area (Å²) in [4.78, 5) is 10.4. The molecule has 5 nitrogen and oxygen atoms in total. The Hall–Kier alpha value is -1.59. The molecule has 0 aromatic heterocycles. The maximum atomic E-state index is 10.4. The molecule has 0 aliphatic rings. The van der Waals surface area contributed by atoms with Crippen LogP contribution in [0.1, 0.15) is 5.56 Å². The third-order valence-corrected chi connectivity index (χ3v) is 1.95. The van der Waals surface area contributed by atoms with Gasteiger partial charge in [-0.1, -0.05) is 12.1 Å². The van der Waals surface area contributed by atoms with E-state index < -0.39 is 11.8 Å². The Balaban J connectivity index is 2.77. The number of carbonyl (C=O) groups is 1. The van der Waals surface area contributed by atoms with Gasteiger partial charge in [-0.2, -0.15) is 0 Å². The Morgan fingerprint density at radius 3 is 2.27 bits per heavy atom. The molecule has 0 heterocycles. The zero-order valence-corrected chi connectivity index (χ0v) is 8.17. The van der Waals surface area contributed by atoms with Crippen molar-refractivity contribution in [3.63, 3.8) is 0 Å². The van der Waals surface area contributed by atoms with Gasteiger partial charge in [0.25, 0.3) is 5.79 Å². The van der Waals surface area contributed by atoms with E-state index in [1.54, 1.807) is 24.3 Å². The highest BCUT2D eigenvalue weighted by molar-refractivity contribution is 5.75. The molecule has 0 aliphatic heterocycles. The molecule has 1 aromatic carbocycles. The number of aliphatic carboxylic acids is 1. The molecule has 0 saturated heterocycles. The van der Waals surface area contributed by atoms with Crippen LogP contribution in [0.2, 0.25) is 0 Å². The summed E-state index contributed by atoms with van der Waals surface area (Å²) in [5, 5.41) is 26.7. The molecule has 0 unspecified atom stereocenters. The van der Waals surface area contributed by atoms with Gasteiger partial charge in [-0.3, -0.25) is 0 Å². The van der Waals surface area contributed by atoms with Crippen molar-refractivity contribution in [3.05, 3.63) is 29.8 Å². The van der Waals surface area contributed by atoms with E-state index >= 15 is 0 Å². The molecule has 3 N–H and O–H groups in total. The molecule has 5 heteroatoms. The normalized spacial score (nSPS) is 11.1. The summed E-state index contributed by atoms with van der Waals surface area (Å²) in [5.74, 6) is -3.77. The molecule has 0 atom stereocenters. The second-order valence-electron chi connectivity index (χ2n) is 3.15. The fourth-order valence-electron chi connectivity index (χ4n) is 1.10. The van der Waals surface area contributed by atoms with Crippen LogP contribution in [0.15, 0.2) is 24.3 Å². The Labute approximate surface area is 86.5 Å². The standard InChI is InChI=1S/C10H12O5/c1-15-8-4-2-7(3-5-8)6-10(13,14)9(11)12/h2-5,13-14H,6H2,1H3,(H,11,12). The lowest BCUT2D eigenvalue weighted by Crippen LogP contribution is -2.40. The summed E-state index contributed by atoms with van der Waals surface area (Å²) >= 11 is 0.